The lowest BCUT2D eigenvalue weighted by Crippen LogP contribution is -2.36. The summed E-state index contributed by atoms with van der Waals surface area (Å²) in [6.45, 7) is 2.42. The first kappa shape index (κ1) is 18.4. The summed E-state index contributed by atoms with van der Waals surface area (Å²) in [5, 5.41) is 6.66. The minimum absolute atomic E-state index is 0.0770. The number of hydrogen-bond donors (Lipinski definition) is 2. The molecule has 7 heteroatoms. The quantitative estimate of drug-likeness (QED) is 0.797. The fraction of sp³-hybridized carbons (Fsp3) is 0.235. The van der Waals surface area contributed by atoms with E-state index >= 15 is 0 Å². The largest absolute Gasteiger partial charge is 0.359 e. The molecule has 2 aromatic rings. The maximum absolute atomic E-state index is 12.9. The van der Waals surface area contributed by atoms with Gasteiger partial charge in [-0.15, -0.1) is 0 Å². The van der Waals surface area contributed by atoms with Crippen molar-refractivity contribution in [3.05, 3.63) is 65.5 Å². The van der Waals surface area contributed by atoms with Crippen LogP contribution in [0.15, 0.2) is 53.4 Å². The lowest BCUT2D eigenvalue weighted by Gasteiger charge is -2.17. The van der Waals surface area contributed by atoms with Crippen LogP contribution in [-0.2, 0) is 16.4 Å². The van der Waals surface area contributed by atoms with Gasteiger partial charge in [0.25, 0.3) is 0 Å². The number of halogens is 1. The first-order valence-electron chi connectivity index (χ1n) is 7.34. The number of thiocarbonyl (C=S) groups is 1. The highest BCUT2D eigenvalue weighted by Crippen LogP contribution is 2.16. The Hall–Kier alpha value is -1.99. The molecule has 24 heavy (non-hydrogen) atoms. The first-order chi connectivity index (χ1) is 11.3. The van der Waals surface area contributed by atoms with Crippen LogP contribution in [0.25, 0.3) is 0 Å². The molecule has 0 unspecified atom stereocenters. The molecule has 0 spiro atoms. The van der Waals surface area contributed by atoms with E-state index in [0.717, 1.165) is 11.1 Å². The fourth-order valence-electron chi connectivity index (χ4n) is 2.12. The SMILES string of the molecule is C[C@H](NC(=S)NCc1ccc(F)cc1)c1ccc(S(C)(=O)=O)cc1. The average molecular weight is 366 g/mol. The maximum atomic E-state index is 12.9. The van der Waals surface area contributed by atoms with E-state index in [-0.39, 0.29) is 16.8 Å². The standard InChI is InChI=1S/C17H19FN2O2S2/c1-12(14-5-9-16(10-6-14)24(2,21)22)20-17(23)19-11-13-3-7-15(18)8-4-13/h3-10,12H,11H2,1-2H3,(H2,19,20,23)/t12-/m0/s1. The number of sulfone groups is 1. The van der Waals surface area contributed by atoms with Crippen molar-refractivity contribution in [2.45, 2.75) is 24.4 Å². The van der Waals surface area contributed by atoms with Gasteiger partial charge in [0.15, 0.2) is 14.9 Å². The second-order valence-electron chi connectivity index (χ2n) is 5.52. The van der Waals surface area contributed by atoms with Gasteiger partial charge in [-0.25, -0.2) is 12.8 Å². The molecule has 2 rings (SSSR count). The monoisotopic (exact) mass is 366 g/mol. The van der Waals surface area contributed by atoms with Crippen LogP contribution in [-0.4, -0.2) is 19.8 Å². The van der Waals surface area contributed by atoms with Crippen LogP contribution in [0.2, 0.25) is 0 Å². The van der Waals surface area contributed by atoms with Gasteiger partial charge < -0.3 is 10.6 Å². The van der Waals surface area contributed by atoms with Crippen molar-refractivity contribution in [3.8, 4) is 0 Å². The van der Waals surface area contributed by atoms with Crippen LogP contribution < -0.4 is 10.6 Å². The Morgan fingerprint density at radius 3 is 2.25 bits per heavy atom. The van der Waals surface area contributed by atoms with Gasteiger partial charge in [0.05, 0.1) is 10.9 Å². The molecule has 0 saturated carbocycles. The van der Waals surface area contributed by atoms with Gasteiger partial charge in [-0.1, -0.05) is 24.3 Å². The molecular formula is C17H19FN2O2S2. The molecular weight excluding hydrogens is 347 g/mol. The lowest BCUT2D eigenvalue weighted by molar-refractivity contribution is 0.601. The highest BCUT2D eigenvalue weighted by Gasteiger charge is 2.10. The number of nitrogens with one attached hydrogen (secondary N) is 2. The third kappa shape index (κ3) is 5.28. The Balaban J connectivity index is 1.90. The van der Waals surface area contributed by atoms with E-state index in [4.69, 9.17) is 12.2 Å². The van der Waals surface area contributed by atoms with Crippen LogP contribution >= 0.6 is 12.2 Å². The molecule has 0 amide bonds. The third-order valence-corrected chi connectivity index (χ3v) is 4.91. The number of benzene rings is 2. The van der Waals surface area contributed by atoms with E-state index in [1.54, 1.807) is 36.4 Å². The topological polar surface area (TPSA) is 58.2 Å². The maximum Gasteiger partial charge on any atom is 0.175 e. The van der Waals surface area contributed by atoms with Crippen molar-refractivity contribution in [3.63, 3.8) is 0 Å². The molecule has 0 aliphatic heterocycles. The van der Waals surface area contributed by atoms with Gasteiger partial charge in [0.2, 0.25) is 0 Å². The molecule has 0 aliphatic carbocycles. The highest BCUT2D eigenvalue weighted by atomic mass is 32.2. The summed E-state index contributed by atoms with van der Waals surface area (Å²) in [6.07, 6.45) is 1.18. The van der Waals surface area contributed by atoms with E-state index in [9.17, 15) is 12.8 Å². The summed E-state index contributed by atoms with van der Waals surface area (Å²) in [7, 11) is -3.20. The molecule has 0 radical (unpaired) electrons. The second kappa shape index (κ2) is 7.72. The van der Waals surface area contributed by atoms with Gasteiger partial charge in [0.1, 0.15) is 5.82 Å². The van der Waals surface area contributed by atoms with Crippen molar-refractivity contribution in [2.75, 3.05) is 6.26 Å². The highest BCUT2D eigenvalue weighted by molar-refractivity contribution is 7.90. The number of hydrogen-bond acceptors (Lipinski definition) is 3. The molecule has 1 atom stereocenters. The minimum atomic E-state index is -3.20. The summed E-state index contributed by atoms with van der Waals surface area (Å²) in [5.41, 5.74) is 1.85. The van der Waals surface area contributed by atoms with Gasteiger partial charge in [-0.05, 0) is 54.5 Å². The predicted octanol–water partition coefficient (Wildman–Crippen LogP) is 2.95. The third-order valence-electron chi connectivity index (χ3n) is 3.52. The zero-order valence-electron chi connectivity index (χ0n) is 13.4. The number of rotatable bonds is 5. The Labute approximate surface area is 147 Å². The van der Waals surface area contributed by atoms with E-state index in [1.807, 2.05) is 6.92 Å². The Morgan fingerprint density at radius 2 is 1.71 bits per heavy atom. The second-order valence-corrected chi connectivity index (χ2v) is 7.94. The smallest absolute Gasteiger partial charge is 0.175 e. The summed E-state index contributed by atoms with van der Waals surface area (Å²) in [6, 6.07) is 12.8. The fourth-order valence-corrected chi connectivity index (χ4v) is 3.00. The van der Waals surface area contributed by atoms with Crippen LogP contribution in [0.4, 0.5) is 4.39 Å². The summed E-state index contributed by atoms with van der Waals surface area (Å²) in [5.74, 6) is -0.273. The lowest BCUT2D eigenvalue weighted by atomic mass is 10.1. The van der Waals surface area contributed by atoms with Crippen LogP contribution in [0.5, 0.6) is 0 Å². The molecule has 0 heterocycles. The van der Waals surface area contributed by atoms with Crippen molar-refractivity contribution in [1.29, 1.82) is 0 Å². The normalized spacial score (nSPS) is 12.5. The van der Waals surface area contributed by atoms with Crippen molar-refractivity contribution in [1.82, 2.24) is 10.6 Å². The molecule has 2 N–H and O–H groups in total. The van der Waals surface area contributed by atoms with E-state index < -0.39 is 9.84 Å². The summed E-state index contributed by atoms with van der Waals surface area (Å²) in [4.78, 5) is 0.287. The molecule has 4 nitrogen and oxygen atoms in total. The van der Waals surface area contributed by atoms with E-state index in [1.165, 1.54) is 18.4 Å². The molecule has 0 aliphatic rings. The van der Waals surface area contributed by atoms with Gasteiger partial charge in [0, 0.05) is 12.8 Å². The molecule has 2 aromatic carbocycles. The molecule has 0 fully saturated rings. The van der Waals surface area contributed by atoms with E-state index in [0.29, 0.717) is 11.7 Å². The molecule has 0 aromatic heterocycles. The first-order valence-corrected chi connectivity index (χ1v) is 9.64. The zero-order valence-corrected chi connectivity index (χ0v) is 15.0. The Bertz CT molecular complexity index is 803. The molecule has 128 valence electrons. The van der Waals surface area contributed by atoms with Gasteiger partial charge in [-0.2, -0.15) is 0 Å². The van der Waals surface area contributed by atoms with Crippen LogP contribution in [0.3, 0.4) is 0 Å². The molecule has 0 bridgehead atoms. The predicted molar refractivity (Wildman–Crippen MR) is 96.9 cm³/mol. The van der Waals surface area contributed by atoms with Crippen molar-refractivity contribution < 1.29 is 12.8 Å². The van der Waals surface area contributed by atoms with Gasteiger partial charge >= 0.3 is 0 Å². The Kier molecular flexibility index (Phi) is 5.90. The van der Waals surface area contributed by atoms with E-state index in [2.05, 4.69) is 10.6 Å². The Morgan fingerprint density at radius 1 is 1.12 bits per heavy atom. The van der Waals surface area contributed by atoms with Crippen molar-refractivity contribution in [2.24, 2.45) is 0 Å². The summed E-state index contributed by atoms with van der Waals surface area (Å²) >= 11 is 5.25. The van der Waals surface area contributed by atoms with Gasteiger partial charge in [-0.3, -0.25) is 0 Å². The average Bonchev–Trinajstić information content (AvgIpc) is 2.53. The molecule has 0 saturated heterocycles. The summed E-state index contributed by atoms with van der Waals surface area (Å²) < 4.78 is 35.8. The van der Waals surface area contributed by atoms with Crippen LogP contribution in [0.1, 0.15) is 24.1 Å². The minimum Gasteiger partial charge on any atom is -0.359 e. The zero-order chi connectivity index (χ0) is 17.7. The van der Waals surface area contributed by atoms with Crippen molar-refractivity contribution >= 4 is 27.2 Å². The van der Waals surface area contributed by atoms with Crippen LogP contribution in [0, 0.1) is 5.82 Å².